The first-order valence-corrected chi connectivity index (χ1v) is 7.78. The summed E-state index contributed by atoms with van der Waals surface area (Å²) < 4.78 is 13.5. The molecule has 1 fully saturated rings. The molecule has 23 heavy (non-hydrogen) atoms. The van der Waals surface area contributed by atoms with Gasteiger partial charge in [-0.3, -0.25) is 14.5 Å². The molecule has 0 aromatic heterocycles. The van der Waals surface area contributed by atoms with Gasteiger partial charge in [-0.1, -0.05) is 12.1 Å². The summed E-state index contributed by atoms with van der Waals surface area (Å²) in [5.41, 5.74) is 5.65. The minimum absolute atomic E-state index is 0.0301. The standard InChI is InChI=1S/C16H23FN4O2/c1-12(18)16(23)21-10-8-20(9-11-21)7-6-19-15(22)13-4-2-3-5-14(13)17/h2-5,12H,6-11,18H2,1H3,(H,19,22)/t12-/m1/s1. The van der Waals surface area contributed by atoms with Gasteiger partial charge in [0.15, 0.2) is 0 Å². The van der Waals surface area contributed by atoms with Gasteiger partial charge in [0.1, 0.15) is 5.82 Å². The van der Waals surface area contributed by atoms with Crippen molar-refractivity contribution in [3.05, 3.63) is 35.6 Å². The summed E-state index contributed by atoms with van der Waals surface area (Å²) >= 11 is 0. The van der Waals surface area contributed by atoms with Crippen LogP contribution in [0.2, 0.25) is 0 Å². The van der Waals surface area contributed by atoms with Crippen molar-refractivity contribution in [1.82, 2.24) is 15.1 Å². The second kappa shape index (κ2) is 8.03. The van der Waals surface area contributed by atoms with E-state index in [0.29, 0.717) is 26.2 Å². The van der Waals surface area contributed by atoms with Crippen LogP contribution in [-0.4, -0.2) is 66.9 Å². The third-order valence-corrected chi connectivity index (χ3v) is 3.91. The number of hydrogen-bond donors (Lipinski definition) is 2. The number of nitrogens with two attached hydrogens (primary N) is 1. The molecule has 0 spiro atoms. The second-order valence-electron chi connectivity index (χ2n) is 5.69. The van der Waals surface area contributed by atoms with Crippen molar-refractivity contribution >= 4 is 11.8 Å². The monoisotopic (exact) mass is 322 g/mol. The van der Waals surface area contributed by atoms with Crippen LogP contribution in [0.3, 0.4) is 0 Å². The van der Waals surface area contributed by atoms with Gasteiger partial charge < -0.3 is 16.0 Å². The Balaban J connectivity index is 1.71. The summed E-state index contributed by atoms with van der Waals surface area (Å²) in [5, 5.41) is 2.72. The maximum absolute atomic E-state index is 13.5. The Hall–Kier alpha value is -1.99. The number of hydrogen-bond acceptors (Lipinski definition) is 4. The van der Waals surface area contributed by atoms with Crippen molar-refractivity contribution in [3.63, 3.8) is 0 Å². The zero-order chi connectivity index (χ0) is 16.8. The first kappa shape index (κ1) is 17.4. The van der Waals surface area contributed by atoms with Crippen LogP contribution in [-0.2, 0) is 4.79 Å². The minimum atomic E-state index is -0.520. The number of carbonyl (C=O) groups is 2. The molecule has 2 rings (SSSR count). The van der Waals surface area contributed by atoms with E-state index in [1.807, 2.05) is 0 Å². The lowest BCUT2D eigenvalue weighted by atomic mass is 10.2. The molecule has 1 heterocycles. The van der Waals surface area contributed by atoms with Crippen molar-refractivity contribution in [2.24, 2.45) is 5.73 Å². The van der Waals surface area contributed by atoms with E-state index in [0.717, 1.165) is 13.1 Å². The van der Waals surface area contributed by atoms with E-state index in [4.69, 9.17) is 5.73 Å². The van der Waals surface area contributed by atoms with E-state index in [9.17, 15) is 14.0 Å². The van der Waals surface area contributed by atoms with Gasteiger partial charge in [-0.15, -0.1) is 0 Å². The fraction of sp³-hybridized carbons (Fsp3) is 0.500. The van der Waals surface area contributed by atoms with Crippen LogP contribution in [0.25, 0.3) is 0 Å². The van der Waals surface area contributed by atoms with Gasteiger partial charge in [0.25, 0.3) is 5.91 Å². The molecule has 0 aliphatic carbocycles. The zero-order valence-electron chi connectivity index (χ0n) is 13.3. The first-order valence-electron chi connectivity index (χ1n) is 7.78. The molecule has 1 aromatic carbocycles. The molecule has 0 unspecified atom stereocenters. The lowest BCUT2D eigenvalue weighted by Gasteiger charge is -2.35. The van der Waals surface area contributed by atoms with E-state index in [1.165, 1.54) is 12.1 Å². The minimum Gasteiger partial charge on any atom is -0.351 e. The molecule has 6 nitrogen and oxygen atoms in total. The maximum Gasteiger partial charge on any atom is 0.254 e. The number of piperazine rings is 1. The molecule has 1 saturated heterocycles. The summed E-state index contributed by atoms with van der Waals surface area (Å²) in [7, 11) is 0. The molecule has 1 aliphatic rings. The molecule has 126 valence electrons. The van der Waals surface area contributed by atoms with Crippen LogP contribution in [0, 0.1) is 5.82 Å². The third-order valence-electron chi connectivity index (χ3n) is 3.91. The normalized spacial score (nSPS) is 16.9. The van der Waals surface area contributed by atoms with Gasteiger partial charge in [-0.05, 0) is 19.1 Å². The lowest BCUT2D eigenvalue weighted by Crippen LogP contribution is -2.53. The van der Waals surface area contributed by atoms with Crippen LogP contribution in [0.1, 0.15) is 17.3 Å². The predicted molar refractivity (Wildman–Crippen MR) is 85.4 cm³/mol. The van der Waals surface area contributed by atoms with Crippen LogP contribution in [0.4, 0.5) is 4.39 Å². The zero-order valence-corrected chi connectivity index (χ0v) is 13.3. The molecule has 7 heteroatoms. The first-order chi connectivity index (χ1) is 11.0. The average Bonchev–Trinajstić information content (AvgIpc) is 2.55. The second-order valence-corrected chi connectivity index (χ2v) is 5.69. The summed E-state index contributed by atoms with van der Waals surface area (Å²) in [5.74, 6) is -0.959. The van der Waals surface area contributed by atoms with Crippen molar-refractivity contribution in [1.29, 1.82) is 0 Å². The van der Waals surface area contributed by atoms with Gasteiger partial charge in [-0.2, -0.15) is 0 Å². The molecule has 0 bridgehead atoms. The van der Waals surface area contributed by atoms with Gasteiger partial charge in [0, 0.05) is 39.3 Å². The maximum atomic E-state index is 13.5. The fourth-order valence-corrected chi connectivity index (χ4v) is 2.55. The largest absolute Gasteiger partial charge is 0.351 e. The third kappa shape index (κ3) is 4.74. The number of benzene rings is 1. The van der Waals surface area contributed by atoms with Crippen molar-refractivity contribution in [2.45, 2.75) is 13.0 Å². The number of rotatable bonds is 5. The Morgan fingerprint density at radius 3 is 2.52 bits per heavy atom. The molecule has 0 saturated carbocycles. The van der Waals surface area contributed by atoms with Crippen molar-refractivity contribution in [2.75, 3.05) is 39.3 Å². The van der Waals surface area contributed by atoms with Crippen LogP contribution in [0.15, 0.2) is 24.3 Å². The Morgan fingerprint density at radius 2 is 1.91 bits per heavy atom. The Morgan fingerprint density at radius 1 is 1.26 bits per heavy atom. The van der Waals surface area contributed by atoms with E-state index >= 15 is 0 Å². The van der Waals surface area contributed by atoms with Gasteiger partial charge in [-0.25, -0.2) is 4.39 Å². The average molecular weight is 322 g/mol. The Kier molecular flexibility index (Phi) is 6.06. The van der Waals surface area contributed by atoms with E-state index < -0.39 is 17.8 Å². The molecular weight excluding hydrogens is 299 g/mol. The molecule has 0 radical (unpaired) electrons. The quantitative estimate of drug-likeness (QED) is 0.803. The van der Waals surface area contributed by atoms with E-state index in [1.54, 1.807) is 24.0 Å². The number of nitrogens with one attached hydrogen (secondary N) is 1. The highest BCUT2D eigenvalue weighted by molar-refractivity contribution is 5.94. The van der Waals surface area contributed by atoms with Crippen LogP contribution < -0.4 is 11.1 Å². The predicted octanol–water partition coefficient (Wildman–Crippen LogP) is 0.0469. The number of halogens is 1. The number of nitrogens with zero attached hydrogens (tertiary/aromatic N) is 2. The SMILES string of the molecule is C[C@@H](N)C(=O)N1CCN(CCNC(=O)c2ccccc2F)CC1. The van der Waals surface area contributed by atoms with Crippen molar-refractivity contribution < 1.29 is 14.0 Å². The van der Waals surface area contributed by atoms with Gasteiger partial charge in [0.05, 0.1) is 11.6 Å². The molecule has 1 aliphatic heterocycles. The smallest absolute Gasteiger partial charge is 0.254 e. The summed E-state index contributed by atoms with van der Waals surface area (Å²) in [6.45, 7) is 5.56. The molecular formula is C16H23FN4O2. The van der Waals surface area contributed by atoms with Crippen LogP contribution in [0.5, 0.6) is 0 Å². The summed E-state index contributed by atoms with van der Waals surface area (Å²) in [6.07, 6.45) is 0. The Bertz CT molecular complexity index is 557. The Labute approximate surface area is 135 Å². The van der Waals surface area contributed by atoms with Crippen molar-refractivity contribution in [3.8, 4) is 0 Å². The lowest BCUT2D eigenvalue weighted by molar-refractivity contribution is -0.133. The fourth-order valence-electron chi connectivity index (χ4n) is 2.55. The highest BCUT2D eigenvalue weighted by Gasteiger charge is 2.22. The van der Waals surface area contributed by atoms with E-state index in [2.05, 4.69) is 10.2 Å². The highest BCUT2D eigenvalue weighted by atomic mass is 19.1. The molecule has 1 aromatic rings. The van der Waals surface area contributed by atoms with Gasteiger partial charge in [0.2, 0.25) is 5.91 Å². The number of amides is 2. The van der Waals surface area contributed by atoms with Crippen LogP contribution >= 0.6 is 0 Å². The molecule has 2 amide bonds. The molecule has 1 atom stereocenters. The molecule has 3 N–H and O–H groups in total. The summed E-state index contributed by atoms with van der Waals surface area (Å²) in [6, 6.07) is 5.44. The summed E-state index contributed by atoms with van der Waals surface area (Å²) in [4.78, 5) is 27.6. The van der Waals surface area contributed by atoms with E-state index in [-0.39, 0.29) is 11.5 Å². The topological polar surface area (TPSA) is 78.7 Å². The highest BCUT2D eigenvalue weighted by Crippen LogP contribution is 2.06. The van der Waals surface area contributed by atoms with Gasteiger partial charge >= 0.3 is 0 Å². The number of carbonyl (C=O) groups excluding carboxylic acids is 2.